The number of hydrogen-bond acceptors (Lipinski definition) is 0. The van der Waals surface area contributed by atoms with Crippen molar-refractivity contribution in [3.05, 3.63) is 107 Å². The standard InChI is InChI=1S/C25H28/c1-19-16-17-22(24(2,3)20-12-8-6-9-13-20)18-23(19)25(4,5)21-14-10-7-11-15-21/h6-18H,1-5H3. The van der Waals surface area contributed by atoms with Crippen molar-refractivity contribution in [2.75, 3.05) is 0 Å². The van der Waals surface area contributed by atoms with Crippen LogP contribution in [-0.4, -0.2) is 0 Å². The van der Waals surface area contributed by atoms with Gasteiger partial charge < -0.3 is 0 Å². The minimum atomic E-state index is -0.0197. The normalized spacial score (nSPS) is 12.2. The summed E-state index contributed by atoms with van der Waals surface area (Å²) in [6.07, 6.45) is 0. The smallest absolute Gasteiger partial charge is 0.0149 e. The van der Waals surface area contributed by atoms with E-state index < -0.39 is 0 Å². The summed E-state index contributed by atoms with van der Waals surface area (Å²) in [5.41, 5.74) is 6.78. The predicted octanol–water partition coefficient (Wildman–Crippen LogP) is 6.65. The van der Waals surface area contributed by atoms with Gasteiger partial charge >= 0.3 is 0 Å². The summed E-state index contributed by atoms with van der Waals surface area (Å²) in [7, 11) is 0. The number of hydrogen-bond donors (Lipinski definition) is 0. The average molecular weight is 328 g/mol. The van der Waals surface area contributed by atoms with Crippen LogP contribution in [0, 0.1) is 6.92 Å². The molecule has 0 aliphatic carbocycles. The highest BCUT2D eigenvalue weighted by atomic mass is 14.3. The highest BCUT2D eigenvalue weighted by Gasteiger charge is 2.28. The van der Waals surface area contributed by atoms with E-state index in [-0.39, 0.29) is 10.8 Å². The van der Waals surface area contributed by atoms with Crippen LogP contribution < -0.4 is 0 Å². The molecular weight excluding hydrogens is 300 g/mol. The fourth-order valence-electron chi connectivity index (χ4n) is 3.72. The Kier molecular flexibility index (Phi) is 4.56. The van der Waals surface area contributed by atoms with E-state index in [1.54, 1.807) is 0 Å². The lowest BCUT2D eigenvalue weighted by Crippen LogP contribution is -2.24. The highest BCUT2D eigenvalue weighted by Crippen LogP contribution is 2.38. The first-order valence-electron chi connectivity index (χ1n) is 9.06. The summed E-state index contributed by atoms with van der Waals surface area (Å²) in [6, 6.07) is 28.6. The van der Waals surface area contributed by atoms with Crippen molar-refractivity contribution in [2.45, 2.75) is 45.4 Å². The van der Waals surface area contributed by atoms with Crippen LogP contribution in [0.3, 0.4) is 0 Å². The van der Waals surface area contributed by atoms with Gasteiger partial charge in [0.05, 0.1) is 0 Å². The van der Waals surface area contributed by atoms with Gasteiger partial charge in [-0.2, -0.15) is 0 Å². The van der Waals surface area contributed by atoms with Crippen LogP contribution in [0.25, 0.3) is 0 Å². The molecule has 0 fully saturated rings. The van der Waals surface area contributed by atoms with Gasteiger partial charge in [0.15, 0.2) is 0 Å². The minimum absolute atomic E-state index is 0.0174. The molecule has 0 heteroatoms. The molecule has 0 spiro atoms. The first kappa shape index (κ1) is 17.5. The first-order valence-corrected chi connectivity index (χ1v) is 9.06. The lowest BCUT2D eigenvalue weighted by molar-refractivity contribution is 0.614. The van der Waals surface area contributed by atoms with Gasteiger partial charge in [-0.15, -0.1) is 0 Å². The summed E-state index contributed by atoms with van der Waals surface area (Å²) in [6.45, 7) is 11.5. The zero-order chi connectivity index (χ0) is 18.1. The molecule has 3 aromatic rings. The highest BCUT2D eigenvalue weighted by molar-refractivity contribution is 5.47. The van der Waals surface area contributed by atoms with E-state index in [0.717, 1.165) is 0 Å². The molecule has 25 heavy (non-hydrogen) atoms. The molecule has 3 aromatic carbocycles. The zero-order valence-electron chi connectivity index (χ0n) is 16.0. The summed E-state index contributed by atoms with van der Waals surface area (Å²) in [5, 5.41) is 0. The van der Waals surface area contributed by atoms with Crippen LogP contribution in [0.2, 0.25) is 0 Å². The molecule has 0 aromatic heterocycles. The molecule has 0 bridgehead atoms. The Bertz CT molecular complexity index is 840. The van der Waals surface area contributed by atoms with E-state index in [1.807, 2.05) is 0 Å². The van der Waals surface area contributed by atoms with E-state index in [0.29, 0.717) is 0 Å². The Hall–Kier alpha value is -2.34. The van der Waals surface area contributed by atoms with E-state index in [4.69, 9.17) is 0 Å². The maximum Gasteiger partial charge on any atom is 0.0149 e. The van der Waals surface area contributed by atoms with Crippen molar-refractivity contribution in [1.29, 1.82) is 0 Å². The van der Waals surface area contributed by atoms with E-state index in [9.17, 15) is 0 Å². The molecule has 0 heterocycles. The van der Waals surface area contributed by atoms with Crippen molar-refractivity contribution in [3.8, 4) is 0 Å². The molecule has 0 atom stereocenters. The quantitative estimate of drug-likeness (QED) is 0.503. The molecule has 0 aliphatic heterocycles. The fourth-order valence-corrected chi connectivity index (χ4v) is 3.72. The van der Waals surface area contributed by atoms with Gasteiger partial charge in [0, 0.05) is 10.8 Å². The van der Waals surface area contributed by atoms with Gasteiger partial charge in [0.1, 0.15) is 0 Å². The molecule has 0 aliphatic rings. The summed E-state index contributed by atoms with van der Waals surface area (Å²) in [4.78, 5) is 0. The summed E-state index contributed by atoms with van der Waals surface area (Å²) >= 11 is 0. The molecule has 0 N–H and O–H groups in total. The third-order valence-electron chi connectivity index (χ3n) is 5.62. The van der Waals surface area contributed by atoms with Gasteiger partial charge in [0.25, 0.3) is 0 Å². The molecule has 0 saturated carbocycles. The van der Waals surface area contributed by atoms with Crippen LogP contribution in [0.4, 0.5) is 0 Å². The average Bonchev–Trinajstić information content (AvgIpc) is 2.63. The van der Waals surface area contributed by atoms with Crippen molar-refractivity contribution in [1.82, 2.24) is 0 Å². The predicted molar refractivity (Wildman–Crippen MR) is 108 cm³/mol. The van der Waals surface area contributed by atoms with Crippen molar-refractivity contribution in [3.63, 3.8) is 0 Å². The Morgan fingerprint density at radius 2 is 1.00 bits per heavy atom. The Balaban J connectivity index is 2.10. The third kappa shape index (κ3) is 3.26. The second-order valence-corrected chi connectivity index (χ2v) is 8.01. The first-order chi connectivity index (χ1) is 11.8. The third-order valence-corrected chi connectivity index (χ3v) is 5.62. The lowest BCUT2D eigenvalue weighted by atomic mass is 9.72. The minimum Gasteiger partial charge on any atom is -0.0622 e. The van der Waals surface area contributed by atoms with E-state index in [2.05, 4.69) is 113 Å². The second-order valence-electron chi connectivity index (χ2n) is 8.01. The van der Waals surface area contributed by atoms with Gasteiger partial charge in [-0.3, -0.25) is 0 Å². The van der Waals surface area contributed by atoms with E-state index in [1.165, 1.54) is 27.8 Å². The van der Waals surface area contributed by atoms with Crippen LogP contribution in [0.5, 0.6) is 0 Å². The van der Waals surface area contributed by atoms with Gasteiger partial charge in [-0.1, -0.05) is 107 Å². The monoisotopic (exact) mass is 328 g/mol. The molecule has 0 saturated heterocycles. The maximum absolute atomic E-state index is 2.41. The molecular formula is C25H28. The van der Waals surface area contributed by atoms with E-state index >= 15 is 0 Å². The maximum atomic E-state index is 2.41. The lowest BCUT2D eigenvalue weighted by Gasteiger charge is -2.32. The number of rotatable bonds is 4. The van der Waals surface area contributed by atoms with Crippen molar-refractivity contribution >= 4 is 0 Å². The molecule has 0 unspecified atom stereocenters. The van der Waals surface area contributed by atoms with Gasteiger partial charge in [-0.05, 0) is 34.7 Å². The van der Waals surface area contributed by atoms with Gasteiger partial charge in [0.2, 0.25) is 0 Å². The SMILES string of the molecule is Cc1ccc(C(C)(C)c2ccccc2)cc1C(C)(C)c1ccccc1. The topological polar surface area (TPSA) is 0 Å². The number of aryl methyl sites for hydroxylation is 1. The molecule has 0 radical (unpaired) electrons. The van der Waals surface area contributed by atoms with Crippen LogP contribution in [0.15, 0.2) is 78.9 Å². The molecule has 0 amide bonds. The number of benzene rings is 3. The fraction of sp³-hybridized carbons (Fsp3) is 0.280. The van der Waals surface area contributed by atoms with Crippen molar-refractivity contribution < 1.29 is 0 Å². The Morgan fingerprint density at radius 1 is 0.520 bits per heavy atom. The van der Waals surface area contributed by atoms with Crippen LogP contribution >= 0.6 is 0 Å². The molecule has 128 valence electrons. The van der Waals surface area contributed by atoms with Gasteiger partial charge in [-0.25, -0.2) is 0 Å². The second kappa shape index (κ2) is 6.52. The summed E-state index contributed by atoms with van der Waals surface area (Å²) in [5.74, 6) is 0. The summed E-state index contributed by atoms with van der Waals surface area (Å²) < 4.78 is 0. The molecule has 3 rings (SSSR count). The van der Waals surface area contributed by atoms with Crippen molar-refractivity contribution in [2.24, 2.45) is 0 Å². The Labute approximate surface area is 152 Å². The zero-order valence-corrected chi connectivity index (χ0v) is 16.0. The van der Waals surface area contributed by atoms with Crippen LogP contribution in [0.1, 0.15) is 55.5 Å². The molecule has 0 nitrogen and oxygen atoms in total. The van der Waals surface area contributed by atoms with Crippen LogP contribution in [-0.2, 0) is 10.8 Å². The largest absolute Gasteiger partial charge is 0.0622 e. The Morgan fingerprint density at radius 3 is 1.52 bits per heavy atom.